The summed E-state index contributed by atoms with van der Waals surface area (Å²) in [5, 5.41) is 0. The standard InChI is InChI=1S/C17H20O/c1-3-15(13-9-5-6-10-13)17(16(18)4-2)14-11-7-8-12-14/h5-12,15,17H,3-4H2,1-2H3/t15-,17-/m0/s1. The third-order valence-corrected chi connectivity index (χ3v) is 3.70. The van der Waals surface area contributed by atoms with Crippen LogP contribution >= 0.6 is 0 Å². The minimum Gasteiger partial charge on any atom is -0.299 e. The van der Waals surface area contributed by atoms with Crippen molar-refractivity contribution in [2.24, 2.45) is 11.8 Å². The maximum atomic E-state index is 12.3. The van der Waals surface area contributed by atoms with Gasteiger partial charge in [0.15, 0.2) is 0 Å². The van der Waals surface area contributed by atoms with E-state index in [1.54, 1.807) is 0 Å². The number of carbonyl (C=O) groups excluding carboxylic acids is 1. The molecule has 1 nitrogen and oxygen atoms in total. The van der Waals surface area contributed by atoms with E-state index in [1.807, 2.05) is 19.8 Å². The normalized spacial score (nSPS) is 25.4. The monoisotopic (exact) mass is 240 g/mol. The predicted octanol–water partition coefficient (Wildman–Crippen LogP) is 3.42. The molecular weight excluding hydrogens is 220 g/mol. The maximum absolute atomic E-state index is 12.3. The van der Waals surface area contributed by atoms with Gasteiger partial charge in [0, 0.05) is 12.3 Å². The number of carbonyl (C=O) groups is 1. The Hall–Kier alpha value is -0.330. The molecule has 2 saturated carbocycles. The van der Waals surface area contributed by atoms with Gasteiger partial charge in [-0.2, -0.15) is 0 Å². The molecule has 18 heavy (non-hydrogen) atoms. The Morgan fingerprint density at radius 1 is 0.944 bits per heavy atom. The van der Waals surface area contributed by atoms with Crippen LogP contribution < -0.4 is 0 Å². The van der Waals surface area contributed by atoms with Gasteiger partial charge in [-0.05, 0) is 69.1 Å². The van der Waals surface area contributed by atoms with E-state index in [1.165, 1.54) is 5.92 Å². The fraction of sp³-hybridized carbons (Fsp3) is 0.353. The van der Waals surface area contributed by atoms with Crippen LogP contribution in [0.5, 0.6) is 0 Å². The summed E-state index contributed by atoms with van der Waals surface area (Å²) < 4.78 is 0. The number of hydrogen-bond donors (Lipinski definition) is 0. The molecule has 2 aliphatic carbocycles. The molecule has 0 N–H and O–H groups in total. The van der Waals surface area contributed by atoms with E-state index in [0.29, 0.717) is 18.1 Å². The summed E-state index contributed by atoms with van der Waals surface area (Å²) in [6.07, 6.45) is 18.1. The third-order valence-electron chi connectivity index (χ3n) is 3.70. The van der Waals surface area contributed by atoms with Crippen LogP contribution in [0.2, 0.25) is 0 Å². The SMILES string of the molecule is CCC(=O)[C@@H]([C]1[CH][CH][CH][CH]1)[C@@H](CC)[C]1[CH][CH][CH][CH]1. The van der Waals surface area contributed by atoms with Gasteiger partial charge in [0.1, 0.15) is 5.78 Å². The lowest BCUT2D eigenvalue weighted by Crippen LogP contribution is -2.32. The highest BCUT2D eigenvalue weighted by Crippen LogP contribution is 2.44. The fourth-order valence-electron chi connectivity index (χ4n) is 2.76. The number of Topliss-reactive ketones (excluding diaryl/α,β-unsaturated/α-hetero) is 1. The van der Waals surface area contributed by atoms with Crippen LogP contribution in [0.1, 0.15) is 26.7 Å². The molecule has 10 radical (unpaired) electrons. The highest BCUT2D eigenvalue weighted by atomic mass is 16.1. The zero-order valence-corrected chi connectivity index (χ0v) is 11.1. The fourth-order valence-corrected chi connectivity index (χ4v) is 2.76. The van der Waals surface area contributed by atoms with Crippen molar-refractivity contribution in [2.75, 3.05) is 0 Å². The van der Waals surface area contributed by atoms with Gasteiger partial charge in [-0.1, -0.05) is 20.3 Å². The number of hydrogen-bond acceptors (Lipinski definition) is 1. The summed E-state index contributed by atoms with van der Waals surface area (Å²) in [7, 11) is 0. The molecule has 0 heterocycles. The van der Waals surface area contributed by atoms with Crippen molar-refractivity contribution in [3.63, 3.8) is 0 Å². The Balaban J connectivity index is 2.11. The predicted molar refractivity (Wildman–Crippen MR) is 73.5 cm³/mol. The molecule has 0 saturated heterocycles. The quantitative estimate of drug-likeness (QED) is 0.695. The van der Waals surface area contributed by atoms with E-state index in [9.17, 15) is 4.79 Å². The van der Waals surface area contributed by atoms with Gasteiger partial charge < -0.3 is 0 Å². The van der Waals surface area contributed by atoms with Gasteiger partial charge in [0.2, 0.25) is 0 Å². The van der Waals surface area contributed by atoms with Crippen LogP contribution in [0.3, 0.4) is 0 Å². The van der Waals surface area contributed by atoms with Crippen molar-refractivity contribution >= 4 is 5.78 Å². The summed E-state index contributed by atoms with van der Waals surface area (Å²) in [6, 6.07) is 0. The second-order valence-electron chi connectivity index (χ2n) is 4.75. The van der Waals surface area contributed by atoms with Crippen LogP contribution in [0, 0.1) is 75.0 Å². The molecule has 0 unspecified atom stereocenters. The molecule has 0 aromatic carbocycles. The van der Waals surface area contributed by atoms with Crippen molar-refractivity contribution in [3.05, 3.63) is 63.2 Å². The lowest BCUT2D eigenvalue weighted by Gasteiger charge is -2.33. The van der Waals surface area contributed by atoms with E-state index in [4.69, 9.17) is 0 Å². The van der Waals surface area contributed by atoms with Crippen molar-refractivity contribution in [2.45, 2.75) is 26.7 Å². The Labute approximate surface area is 113 Å². The number of ketones is 1. The smallest absolute Gasteiger partial charge is 0.136 e. The first kappa shape index (κ1) is 14.1. The Bertz CT molecular complexity index is 259. The van der Waals surface area contributed by atoms with Crippen molar-refractivity contribution in [1.82, 2.24) is 0 Å². The van der Waals surface area contributed by atoms with E-state index < -0.39 is 0 Å². The second-order valence-corrected chi connectivity index (χ2v) is 4.75. The van der Waals surface area contributed by atoms with Crippen LogP contribution in [-0.2, 0) is 4.79 Å². The van der Waals surface area contributed by atoms with Gasteiger partial charge in [0.05, 0.1) is 0 Å². The molecule has 0 spiro atoms. The van der Waals surface area contributed by atoms with E-state index in [2.05, 4.69) is 45.4 Å². The first-order chi connectivity index (χ1) is 8.77. The lowest BCUT2D eigenvalue weighted by atomic mass is 9.70. The van der Waals surface area contributed by atoms with Crippen LogP contribution in [0.4, 0.5) is 0 Å². The molecule has 0 aromatic rings. The Kier molecular flexibility index (Phi) is 5.26. The second kappa shape index (κ2) is 6.73. The lowest BCUT2D eigenvalue weighted by molar-refractivity contribution is -0.123. The minimum absolute atomic E-state index is 0.0115. The average molecular weight is 240 g/mol. The first-order valence-electron chi connectivity index (χ1n) is 6.73. The third kappa shape index (κ3) is 2.97. The van der Waals surface area contributed by atoms with Crippen molar-refractivity contribution in [3.8, 4) is 0 Å². The molecule has 2 aliphatic rings. The largest absolute Gasteiger partial charge is 0.299 e. The summed E-state index contributed by atoms with van der Waals surface area (Å²) >= 11 is 0. The minimum atomic E-state index is 0.0115. The first-order valence-corrected chi connectivity index (χ1v) is 6.73. The van der Waals surface area contributed by atoms with Gasteiger partial charge in [-0.15, -0.1) is 0 Å². The average Bonchev–Trinajstić information content (AvgIpc) is 3.07. The van der Waals surface area contributed by atoms with E-state index >= 15 is 0 Å². The molecule has 2 fully saturated rings. The maximum Gasteiger partial charge on any atom is 0.136 e. The molecule has 1 heteroatoms. The molecule has 94 valence electrons. The van der Waals surface area contributed by atoms with Gasteiger partial charge in [-0.25, -0.2) is 0 Å². The Morgan fingerprint density at radius 2 is 1.44 bits per heavy atom. The summed E-state index contributed by atoms with van der Waals surface area (Å²) in [5.41, 5.74) is 0. The van der Waals surface area contributed by atoms with E-state index in [0.717, 1.165) is 12.3 Å². The molecule has 2 atom stereocenters. The number of rotatable bonds is 6. The molecule has 2 rings (SSSR count). The zero-order chi connectivity index (χ0) is 13.0. The van der Waals surface area contributed by atoms with Crippen molar-refractivity contribution < 1.29 is 4.79 Å². The van der Waals surface area contributed by atoms with Crippen LogP contribution in [0.25, 0.3) is 0 Å². The summed E-state index contributed by atoms with van der Waals surface area (Å²) in [6.45, 7) is 4.12. The topological polar surface area (TPSA) is 17.1 Å². The van der Waals surface area contributed by atoms with Crippen LogP contribution in [0.15, 0.2) is 0 Å². The molecule has 0 bridgehead atoms. The molecule has 0 amide bonds. The summed E-state index contributed by atoms with van der Waals surface area (Å²) in [4.78, 5) is 12.3. The van der Waals surface area contributed by atoms with Gasteiger partial charge in [0.25, 0.3) is 0 Å². The summed E-state index contributed by atoms with van der Waals surface area (Å²) in [5.74, 6) is 3.10. The van der Waals surface area contributed by atoms with E-state index in [-0.39, 0.29) is 5.92 Å². The Morgan fingerprint density at radius 3 is 1.89 bits per heavy atom. The van der Waals surface area contributed by atoms with Gasteiger partial charge in [-0.3, -0.25) is 4.79 Å². The highest BCUT2D eigenvalue weighted by molar-refractivity contribution is 5.85. The van der Waals surface area contributed by atoms with Crippen molar-refractivity contribution in [1.29, 1.82) is 0 Å². The van der Waals surface area contributed by atoms with Gasteiger partial charge >= 0.3 is 0 Å². The molecule has 0 aromatic heterocycles. The zero-order valence-electron chi connectivity index (χ0n) is 11.1. The van der Waals surface area contributed by atoms with Crippen LogP contribution in [-0.4, -0.2) is 5.78 Å². The molecule has 0 aliphatic heterocycles. The highest BCUT2D eigenvalue weighted by Gasteiger charge is 2.40. The molecular formula is C17H20O.